The lowest BCUT2D eigenvalue weighted by molar-refractivity contribution is -0.147. The summed E-state index contributed by atoms with van der Waals surface area (Å²) >= 11 is 2.21. The second-order valence-corrected chi connectivity index (χ2v) is 8.53. The van der Waals surface area contributed by atoms with Crippen LogP contribution in [0, 0.1) is 10.5 Å². The van der Waals surface area contributed by atoms with E-state index in [1.165, 1.54) is 0 Å². The molecule has 0 bridgehead atoms. The predicted molar refractivity (Wildman–Crippen MR) is 109 cm³/mol. The molecular formula is C19H24IN3O4. The Morgan fingerprint density at radius 1 is 1.30 bits per heavy atom. The number of aryl methyl sites for hydroxylation is 2. The van der Waals surface area contributed by atoms with E-state index in [-0.39, 0.29) is 24.3 Å². The Morgan fingerprint density at radius 2 is 2.04 bits per heavy atom. The average molecular weight is 485 g/mol. The number of aromatic nitrogens is 2. The zero-order valence-electron chi connectivity index (χ0n) is 16.0. The topological polar surface area (TPSA) is 94.3 Å². The standard InChI is InChI=1S/C19H24IN3O4/c1-12-10-13(20)8-9-14(12)21-15(24)11-26-17(25)7-5-6-16-22-18(23-27-16)19(2,3)4/h8-10H,5-7,11H2,1-4H3,(H,21,24). The van der Waals surface area contributed by atoms with E-state index < -0.39 is 5.97 Å². The quantitative estimate of drug-likeness (QED) is 0.474. The zero-order valence-corrected chi connectivity index (χ0v) is 18.1. The number of anilines is 1. The van der Waals surface area contributed by atoms with Crippen LogP contribution >= 0.6 is 22.6 Å². The first-order valence-corrected chi connectivity index (χ1v) is 9.77. The summed E-state index contributed by atoms with van der Waals surface area (Å²) in [7, 11) is 0. The number of benzene rings is 1. The van der Waals surface area contributed by atoms with Crippen LogP contribution in [0.2, 0.25) is 0 Å². The number of hydrogen-bond donors (Lipinski definition) is 1. The van der Waals surface area contributed by atoms with E-state index in [4.69, 9.17) is 9.26 Å². The molecule has 0 atom stereocenters. The molecule has 0 aliphatic heterocycles. The van der Waals surface area contributed by atoms with Crippen molar-refractivity contribution in [3.63, 3.8) is 0 Å². The highest BCUT2D eigenvalue weighted by Crippen LogP contribution is 2.19. The highest BCUT2D eigenvalue weighted by Gasteiger charge is 2.20. The minimum Gasteiger partial charge on any atom is -0.456 e. The van der Waals surface area contributed by atoms with Gasteiger partial charge in [0.25, 0.3) is 5.91 Å². The summed E-state index contributed by atoms with van der Waals surface area (Å²) in [5.41, 5.74) is 1.49. The summed E-state index contributed by atoms with van der Waals surface area (Å²) < 4.78 is 11.3. The van der Waals surface area contributed by atoms with E-state index in [2.05, 4.69) is 38.0 Å². The van der Waals surface area contributed by atoms with Gasteiger partial charge in [-0.15, -0.1) is 0 Å². The van der Waals surface area contributed by atoms with Gasteiger partial charge in [-0.05, 0) is 59.7 Å². The number of amides is 1. The minimum atomic E-state index is -0.431. The summed E-state index contributed by atoms with van der Waals surface area (Å²) in [4.78, 5) is 28.0. The lowest BCUT2D eigenvalue weighted by Crippen LogP contribution is -2.21. The van der Waals surface area contributed by atoms with Gasteiger partial charge >= 0.3 is 5.97 Å². The Morgan fingerprint density at radius 3 is 2.67 bits per heavy atom. The summed E-state index contributed by atoms with van der Waals surface area (Å²) in [5, 5.41) is 6.68. The first-order chi connectivity index (χ1) is 12.6. The summed E-state index contributed by atoms with van der Waals surface area (Å²) in [6.45, 7) is 7.61. The fourth-order valence-electron chi connectivity index (χ4n) is 2.22. The number of nitrogens with zero attached hydrogens (tertiary/aromatic N) is 2. The number of rotatable bonds is 7. The van der Waals surface area contributed by atoms with Crippen molar-refractivity contribution in [3.8, 4) is 0 Å². The second kappa shape index (κ2) is 9.29. The van der Waals surface area contributed by atoms with Crippen LogP contribution in [0.3, 0.4) is 0 Å². The molecule has 1 aromatic heterocycles. The number of esters is 1. The monoisotopic (exact) mass is 485 g/mol. The molecule has 0 spiro atoms. The molecule has 0 saturated heterocycles. The van der Waals surface area contributed by atoms with Gasteiger partial charge in [-0.25, -0.2) is 0 Å². The summed E-state index contributed by atoms with van der Waals surface area (Å²) in [6.07, 6.45) is 1.19. The van der Waals surface area contributed by atoms with Gasteiger partial charge in [-0.3, -0.25) is 9.59 Å². The lowest BCUT2D eigenvalue weighted by atomic mass is 9.96. The summed E-state index contributed by atoms with van der Waals surface area (Å²) in [5.74, 6) is 0.349. The summed E-state index contributed by atoms with van der Waals surface area (Å²) in [6, 6.07) is 5.69. The maximum Gasteiger partial charge on any atom is 0.306 e. The Labute approximate surface area is 172 Å². The van der Waals surface area contributed by atoms with Crippen molar-refractivity contribution in [2.45, 2.75) is 52.4 Å². The fourth-order valence-corrected chi connectivity index (χ4v) is 2.86. The molecule has 1 aromatic carbocycles. The van der Waals surface area contributed by atoms with Gasteiger partial charge in [0.1, 0.15) is 0 Å². The maximum absolute atomic E-state index is 11.9. The van der Waals surface area contributed by atoms with Gasteiger partial charge in [0.2, 0.25) is 5.89 Å². The maximum atomic E-state index is 11.9. The minimum absolute atomic E-state index is 0.177. The van der Waals surface area contributed by atoms with Gasteiger partial charge < -0.3 is 14.6 Å². The highest BCUT2D eigenvalue weighted by atomic mass is 127. The first-order valence-electron chi connectivity index (χ1n) is 8.70. The Hall–Kier alpha value is -1.97. The molecule has 0 saturated carbocycles. The molecule has 0 aliphatic carbocycles. The molecule has 1 N–H and O–H groups in total. The number of carbonyl (C=O) groups excluding carboxylic acids is 2. The van der Waals surface area contributed by atoms with Crippen LogP contribution in [0.5, 0.6) is 0 Å². The van der Waals surface area contributed by atoms with Crippen LogP contribution in [0.4, 0.5) is 5.69 Å². The molecular weight excluding hydrogens is 461 g/mol. The lowest BCUT2D eigenvalue weighted by Gasteiger charge is -2.10. The van der Waals surface area contributed by atoms with Crippen molar-refractivity contribution in [1.82, 2.24) is 10.1 Å². The molecule has 0 unspecified atom stereocenters. The van der Waals surface area contributed by atoms with Crippen molar-refractivity contribution in [2.24, 2.45) is 0 Å². The van der Waals surface area contributed by atoms with E-state index in [0.717, 1.165) is 9.13 Å². The number of halogens is 1. The Balaban J connectivity index is 1.70. The third-order valence-corrected chi connectivity index (χ3v) is 4.41. The highest BCUT2D eigenvalue weighted by molar-refractivity contribution is 14.1. The first kappa shape index (κ1) is 21.3. The van der Waals surface area contributed by atoms with Gasteiger partial charge in [-0.2, -0.15) is 4.98 Å². The molecule has 1 heterocycles. The van der Waals surface area contributed by atoms with Crippen molar-refractivity contribution in [3.05, 3.63) is 39.0 Å². The molecule has 2 aromatic rings. The van der Waals surface area contributed by atoms with Crippen molar-refractivity contribution >= 4 is 40.2 Å². The van der Waals surface area contributed by atoms with Crippen LogP contribution in [0.15, 0.2) is 22.7 Å². The molecule has 27 heavy (non-hydrogen) atoms. The van der Waals surface area contributed by atoms with E-state index in [1.807, 2.05) is 45.9 Å². The Bertz CT molecular complexity index is 812. The van der Waals surface area contributed by atoms with Crippen molar-refractivity contribution < 1.29 is 18.8 Å². The Kier molecular flexibility index (Phi) is 7.34. The molecule has 2 rings (SSSR count). The van der Waals surface area contributed by atoms with Crippen LogP contribution in [0.25, 0.3) is 0 Å². The number of ether oxygens (including phenoxy) is 1. The average Bonchev–Trinajstić information content (AvgIpc) is 3.05. The van der Waals surface area contributed by atoms with Gasteiger partial charge in [-0.1, -0.05) is 25.9 Å². The van der Waals surface area contributed by atoms with Gasteiger partial charge in [0.05, 0.1) is 0 Å². The molecule has 7 nitrogen and oxygen atoms in total. The molecule has 0 fully saturated rings. The van der Waals surface area contributed by atoms with E-state index in [0.29, 0.717) is 30.2 Å². The second-order valence-electron chi connectivity index (χ2n) is 7.28. The van der Waals surface area contributed by atoms with E-state index in [1.54, 1.807) is 0 Å². The number of hydrogen-bond acceptors (Lipinski definition) is 6. The molecule has 8 heteroatoms. The third-order valence-electron chi connectivity index (χ3n) is 3.74. The van der Waals surface area contributed by atoms with Crippen LogP contribution in [-0.4, -0.2) is 28.6 Å². The normalized spacial score (nSPS) is 11.3. The molecule has 0 radical (unpaired) electrons. The van der Waals surface area contributed by atoms with Crippen LogP contribution in [-0.2, 0) is 26.2 Å². The zero-order chi connectivity index (χ0) is 20.0. The van der Waals surface area contributed by atoms with Gasteiger partial charge in [0.15, 0.2) is 12.4 Å². The fraction of sp³-hybridized carbons (Fsp3) is 0.474. The van der Waals surface area contributed by atoms with Gasteiger partial charge in [0, 0.05) is 27.5 Å². The predicted octanol–water partition coefficient (Wildman–Crippen LogP) is 3.78. The molecule has 0 aliphatic rings. The van der Waals surface area contributed by atoms with E-state index >= 15 is 0 Å². The van der Waals surface area contributed by atoms with Crippen molar-refractivity contribution in [2.75, 3.05) is 11.9 Å². The largest absolute Gasteiger partial charge is 0.456 e. The third kappa shape index (κ3) is 6.93. The smallest absolute Gasteiger partial charge is 0.306 e. The molecule has 1 amide bonds. The SMILES string of the molecule is Cc1cc(I)ccc1NC(=O)COC(=O)CCCc1nc(C(C)(C)C)no1. The number of carbonyl (C=O) groups is 2. The van der Waals surface area contributed by atoms with Crippen molar-refractivity contribution in [1.29, 1.82) is 0 Å². The molecule has 146 valence electrons. The van der Waals surface area contributed by atoms with Crippen LogP contribution < -0.4 is 5.32 Å². The number of nitrogens with one attached hydrogen (secondary N) is 1. The van der Waals surface area contributed by atoms with E-state index in [9.17, 15) is 9.59 Å². The van der Waals surface area contributed by atoms with Crippen LogP contribution in [0.1, 0.15) is 50.9 Å².